The van der Waals surface area contributed by atoms with Gasteiger partial charge in [0.25, 0.3) is 0 Å². The summed E-state index contributed by atoms with van der Waals surface area (Å²) in [6.07, 6.45) is 5.13. The molecule has 0 aliphatic heterocycles. The third kappa shape index (κ3) is 5.00. The van der Waals surface area contributed by atoms with E-state index in [0.717, 1.165) is 0 Å². The van der Waals surface area contributed by atoms with Crippen molar-refractivity contribution in [2.45, 2.75) is 6.92 Å². The highest BCUT2D eigenvalue weighted by atomic mass is 35.5. The van der Waals surface area contributed by atoms with Gasteiger partial charge in [-0.3, -0.25) is 4.79 Å². The lowest BCUT2D eigenvalue weighted by Crippen LogP contribution is -2.29. The molecular formula is C13H19Cl2N5O. The predicted molar refractivity (Wildman–Crippen MR) is 87.6 cm³/mol. The van der Waals surface area contributed by atoms with Crippen molar-refractivity contribution in [1.29, 1.82) is 0 Å². The summed E-state index contributed by atoms with van der Waals surface area (Å²) in [5, 5.41) is 9.99. The largest absolute Gasteiger partial charge is 0.323 e. The van der Waals surface area contributed by atoms with Crippen LogP contribution >= 0.6 is 24.8 Å². The zero-order valence-electron chi connectivity index (χ0n) is 11.8. The summed E-state index contributed by atoms with van der Waals surface area (Å²) in [5.74, 6) is 0.448. The zero-order chi connectivity index (χ0) is 13.7. The van der Waals surface area contributed by atoms with Gasteiger partial charge in [0.15, 0.2) is 5.82 Å². The lowest BCUT2D eigenvalue weighted by Gasteiger charge is -2.13. The van der Waals surface area contributed by atoms with E-state index < -0.39 is 0 Å². The molecule has 2 aromatic rings. The van der Waals surface area contributed by atoms with E-state index in [4.69, 9.17) is 0 Å². The van der Waals surface area contributed by atoms with E-state index in [0.29, 0.717) is 18.1 Å². The Morgan fingerprint density at radius 2 is 2.10 bits per heavy atom. The smallest absolute Gasteiger partial charge is 0.228 e. The number of carbonyl (C=O) groups excluding carboxylic acids is 1. The van der Waals surface area contributed by atoms with Crippen LogP contribution in [0, 0.1) is 5.92 Å². The molecule has 1 atom stereocenters. The van der Waals surface area contributed by atoms with Crippen molar-refractivity contribution < 1.29 is 4.79 Å². The minimum Gasteiger partial charge on any atom is -0.323 e. The highest BCUT2D eigenvalue weighted by molar-refractivity contribution is 5.93. The van der Waals surface area contributed by atoms with Crippen LogP contribution in [0.4, 0.5) is 5.69 Å². The van der Waals surface area contributed by atoms with E-state index in [1.165, 1.54) is 0 Å². The molecule has 0 aliphatic carbocycles. The predicted octanol–water partition coefficient (Wildman–Crippen LogP) is 1.90. The molecule has 1 amide bonds. The van der Waals surface area contributed by atoms with Crippen LogP contribution in [-0.2, 0) is 4.79 Å². The molecule has 0 spiro atoms. The molecule has 0 fully saturated rings. The molecule has 0 radical (unpaired) electrons. The molecule has 2 N–H and O–H groups in total. The van der Waals surface area contributed by atoms with Gasteiger partial charge in [0.2, 0.25) is 5.91 Å². The Morgan fingerprint density at radius 3 is 2.71 bits per heavy atom. The Balaban J connectivity index is 0.00000200. The average molecular weight is 332 g/mol. The van der Waals surface area contributed by atoms with Crippen LogP contribution in [0.5, 0.6) is 0 Å². The number of hydrogen-bond acceptors (Lipinski definition) is 4. The molecule has 0 aliphatic rings. The molecule has 0 bridgehead atoms. The second-order valence-electron chi connectivity index (χ2n) is 4.27. The first-order chi connectivity index (χ1) is 9.22. The Morgan fingerprint density at radius 1 is 1.33 bits per heavy atom. The summed E-state index contributed by atoms with van der Waals surface area (Å²) >= 11 is 0. The Kier molecular flexibility index (Phi) is 8.61. The fourth-order valence-electron chi connectivity index (χ4n) is 1.73. The summed E-state index contributed by atoms with van der Waals surface area (Å²) in [6, 6.07) is 5.41. The quantitative estimate of drug-likeness (QED) is 0.877. The summed E-state index contributed by atoms with van der Waals surface area (Å²) in [6.45, 7) is 2.50. The molecule has 116 valence electrons. The summed E-state index contributed by atoms with van der Waals surface area (Å²) < 4.78 is 1.62. The van der Waals surface area contributed by atoms with E-state index in [1.807, 2.05) is 26.1 Å². The molecule has 1 unspecified atom stereocenters. The molecule has 0 aromatic carbocycles. The van der Waals surface area contributed by atoms with Gasteiger partial charge in [-0.15, -0.1) is 24.8 Å². The van der Waals surface area contributed by atoms with E-state index in [1.54, 1.807) is 29.3 Å². The number of carbonyl (C=O) groups is 1. The monoisotopic (exact) mass is 331 g/mol. The van der Waals surface area contributed by atoms with Gasteiger partial charge in [-0.05, 0) is 25.2 Å². The number of amides is 1. The summed E-state index contributed by atoms with van der Waals surface area (Å²) in [5.41, 5.74) is 0.652. The topological polar surface area (TPSA) is 71.8 Å². The maximum Gasteiger partial charge on any atom is 0.228 e. The lowest BCUT2D eigenvalue weighted by atomic mass is 10.1. The molecule has 8 heteroatoms. The Labute approximate surface area is 136 Å². The fourth-order valence-corrected chi connectivity index (χ4v) is 1.73. The minimum atomic E-state index is -0.115. The number of hydrogen-bond donors (Lipinski definition) is 2. The number of nitrogens with one attached hydrogen (secondary N) is 2. The number of halogens is 2. The molecule has 0 saturated heterocycles. The molecule has 21 heavy (non-hydrogen) atoms. The van der Waals surface area contributed by atoms with Gasteiger partial charge in [0.05, 0.1) is 5.69 Å². The van der Waals surface area contributed by atoms with Gasteiger partial charge < -0.3 is 10.6 Å². The highest BCUT2D eigenvalue weighted by Gasteiger charge is 2.14. The maximum atomic E-state index is 12.0. The van der Waals surface area contributed by atoms with Crippen LogP contribution in [0.3, 0.4) is 0 Å². The van der Waals surface area contributed by atoms with Crippen LogP contribution in [0.15, 0.2) is 36.8 Å². The number of pyridine rings is 1. The van der Waals surface area contributed by atoms with E-state index >= 15 is 0 Å². The van der Waals surface area contributed by atoms with Crippen molar-refractivity contribution in [3.63, 3.8) is 0 Å². The first-order valence-electron chi connectivity index (χ1n) is 6.13. The van der Waals surface area contributed by atoms with Crippen molar-refractivity contribution in [2.75, 3.05) is 18.9 Å². The SMILES string of the molecule is CNCC(C)C(=O)Nc1cccnc1-n1cccn1.Cl.Cl. The normalized spacial score (nSPS) is 11.0. The van der Waals surface area contributed by atoms with Gasteiger partial charge in [-0.1, -0.05) is 6.92 Å². The lowest BCUT2D eigenvalue weighted by molar-refractivity contribution is -0.119. The van der Waals surface area contributed by atoms with Crippen molar-refractivity contribution in [3.8, 4) is 5.82 Å². The van der Waals surface area contributed by atoms with E-state index in [2.05, 4.69) is 20.7 Å². The molecular weight excluding hydrogens is 313 g/mol. The van der Waals surface area contributed by atoms with Crippen LogP contribution in [0.25, 0.3) is 5.82 Å². The number of nitrogens with zero attached hydrogens (tertiary/aromatic N) is 3. The van der Waals surface area contributed by atoms with E-state index in [-0.39, 0.29) is 36.6 Å². The summed E-state index contributed by atoms with van der Waals surface area (Å²) in [4.78, 5) is 16.3. The van der Waals surface area contributed by atoms with Crippen molar-refractivity contribution in [1.82, 2.24) is 20.1 Å². The number of anilines is 1. The second kappa shape index (κ2) is 9.33. The van der Waals surface area contributed by atoms with Crippen LogP contribution in [0.1, 0.15) is 6.92 Å². The van der Waals surface area contributed by atoms with Crippen LogP contribution in [0.2, 0.25) is 0 Å². The van der Waals surface area contributed by atoms with Gasteiger partial charge in [0, 0.05) is 31.1 Å². The minimum absolute atomic E-state index is 0. The average Bonchev–Trinajstić information content (AvgIpc) is 2.93. The third-order valence-electron chi connectivity index (χ3n) is 2.72. The van der Waals surface area contributed by atoms with Gasteiger partial charge in [-0.2, -0.15) is 5.10 Å². The molecule has 2 rings (SSSR count). The first kappa shape index (κ1) is 19.4. The first-order valence-corrected chi connectivity index (χ1v) is 6.13. The Hall–Kier alpha value is -1.63. The van der Waals surface area contributed by atoms with Crippen LogP contribution < -0.4 is 10.6 Å². The second-order valence-corrected chi connectivity index (χ2v) is 4.27. The standard InChI is InChI=1S/C13H17N5O.2ClH/c1-10(9-14-2)13(19)17-11-5-3-6-15-12(11)18-8-4-7-16-18;;/h3-8,10,14H,9H2,1-2H3,(H,17,19);2*1H. The summed E-state index contributed by atoms with van der Waals surface area (Å²) in [7, 11) is 1.82. The Bertz CT molecular complexity index is 547. The van der Waals surface area contributed by atoms with Gasteiger partial charge >= 0.3 is 0 Å². The number of aromatic nitrogens is 3. The van der Waals surface area contributed by atoms with Gasteiger partial charge in [-0.25, -0.2) is 9.67 Å². The van der Waals surface area contributed by atoms with Crippen molar-refractivity contribution in [3.05, 3.63) is 36.8 Å². The fraction of sp³-hybridized carbons (Fsp3) is 0.308. The maximum absolute atomic E-state index is 12.0. The van der Waals surface area contributed by atoms with Crippen molar-refractivity contribution >= 4 is 36.4 Å². The number of rotatable bonds is 5. The van der Waals surface area contributed by atoms with Gasteiger partial charge in [0.1, 0.15) is 0 Å². The molecule has 6 nitrogen and oxygen atoms in total. The van der Waals surface area contributed by atoms with E-state index in [9.17, 15) is 4.79 Å². The van der Waals surface area contributed by atoms with Crippen molar-refractivity contribution in [2.24, 2.45) is 5.92 Å². The zero-order valence-corrected chi connectivity index (χ0v) is 13.4. The highest BCUT2D eigenvalue weighted by Crippen LogP contribution is 2.16. The van der Waals surface area contributed by atoms with Crippen LogP contribution in [-0.4, -0.2) is 34.3 Å². The third-order valence-corrected chi connectivity index (χ3v) is 2.72. The molecule has 2 heterocycles. The molecule has 2 aromatic heterocycles. The molecule has 0 saturated carbocycles.